The van der Waals surface area contributed by atoms with Gasteiger partial charge in [0.25, 0.3) is 0 Å². The second-order valence-electron chi connectivity index (χ2n) is 7.10. The normalized spacial score (nSPS) is 18.8. The van der Waals surface area contributed by atoms with Crippen LogP contribution in [0.1, 0.15) is 27.7 Å². The minimum atomic E-state index is -0.416. The van der Waals surface area contributed by atoms with Crippen molar-refractivity contribution in [1.29, 1.82) is 0 Å². The van der Waals surface area contributed by atoms with Crippen molar-refractivity contribution in [1.82, 2.24) is 9.78 Å². The van der Waals surface area contributed by atoms with Crippen LogP contribution in [-0.2, 0) is 20.6 Å². The lowest BCUT2D eigenvalue weighted by molar-refractivity contribution is -0.118. The van der Waals surface area contributed by atoms with Gasteiger partial charge in [-0.1, -0.05) is 24.3 Å². The molecule has 0 saturated carbocycles. The average molecular weight is 327 g/mol. The molecule has 24 heavy (non-hydrogen) atoms. The minimum Gasteiger partial charge on any atom is -0.399 e. The molecule has 0 aliphatic carbocycles. The third kappa shape index (κ3) is 3.09. The van der Waals surface area contributed by atoms with E-state index in [4.69, 9.17) is 15.0 Å². The molecule has 1 fully saturated rings. The molecule has 0 spiro atoms. The zero-order valence-electron chi connectivity index (χ0n) is 14.4. The Morgan fingerprint density at radius 2 is 1.71 bits per heavy atom. The van der Waals surface area contributed by atoms with Crippen LogP contribution in [0.25, 0.3) is 11.1 Å². The van der Waals surface area contributed by atoms with E-state index in [1.807, 2.05) is 52.0 Å². The number of nitrogens with two attached hydrogens (primary N) is 1. The lowest BCUT2D eigenvalue weighted by atomic mass is 9.78. The molecule has 0 unspecified atom stereocenters. The first-order valence-electron chi connectivity index (χ1n) is 7.95. The van der Waals surface area contributed by atoms with E-state index < -0.39 is 5.91 Å². The topological polar surface area (TPSA) is 79.4 Å². The van der Waals surface area contributed by atoms with Crippen LogP contribution in [0.5, 0.6) is 0 Å². The summed E-state index contributed by atoms with van der Waals surface area (Å²) < 4.78 is 13.6. The zero-order valence-corrected chi connectivity index (χ0v) is 14.4. The van der Waals surface area contributed by atoms with Gasteiger partial charge in [-0.05, 0) is 38.7 Å². The molecular weight excluding hydrogens is 305 g/mol. The monoisotopic (exact) mass is 327 g/mol. The first kappa shape index (κ1) is 16.7. The third-order valence-electron chi connectivity index (χ3n) is 4.72. The molecule has 1 aromatic carbocycles. The minimum absolute atomic E-state index is 0.0754. The van der Waals surface area contributed by atoms with Gasteiger partial charge in [0.2, 0.25) is 5.91 Å². The lowest BCUT2D eigenvalue weighted by Gasteiger charge is -2.32. The SMILES string of the molecule is CC1(C)OB(c2ccc(-c3cnn(CC(N)=O)c3)cc2)OC1(C)C. The van der Waals surface area contributed by atoms with Crippen molar-refractivity contribution in [3.05, 3.63) is 36.7 Å². The molecule has 2 aromatic rings. The quantitative estimate of drug-likeness (QED) is 0.860. The molecule has 1 amide bonds. The summed E-state index contributed by atoms with van der Waals surface area (Å²) in [6.45, 7) is 8.22. The van der Waals surface area contributed by atoms with Crippen molar-refractivity contribution in [3.8, 4) is 11.1 Å². The number of nitrogens with zero attached hydrogens (tertiary/aromatic N) is 2. The molecular formula is C17H22BN3O3. The summed E-state index contributed by atoms with van der Waals surface area (Å²) in [6.07, 6.45) is 3.52. The van der Waals surface area contributed by atoms with Crippen molar-refractivity contribution in [2.45, 2.75) is 45.4 Å². The van der Waals surface area contributed by atoms with Crippen LogP contribution in [0.15, 0.2) is 36.7 Å². The summed E-state index contributed by atoms with van der Waals surface area (Å²) in [4.78, 5) is 10.9. The summed E-state index contributed by atoms with van der Waals surface area (Å²) in [5, 5.41) is 4.14. The van der Waals surface area contributed by atoms with Crippen molar-refractivity contribution in [2.24, 2.45) is 5.73 Å². The number of primary amides is 1. The first-order chi connectivity index (χ1) is 11.2. The molecule has 2 N–H and O–H groups in total. The highest BCUT2D eigenvalue weighted by Crippen LogP contribution is 2.36. The number of amides is 1. The fraction of sp³-hybridized carbons (Fsp3) is 0.412. The molecule has 0 radical (unpaired) electrons. The van der Waals surface area contributed by atoms with Gasteiger partial charge < -0.3 is 15.0 Å². The zero-order chi connectivity index (χ0) is 17.5. The molecule has 6 nitrogen and oxygen atoms in total. The second kappa shape index (κ2) is 5.75. The number of aromatic nitrogens is 2. The van der Waals surface area contributed by atoms with Gasteiger partial charge in [0.1, 0.15) is 6.54 Å². The Morgan fingerprint density at radius 1 is 1.12 bits per heavy atom. The molecule has 7 heteroatoms. The van der Waals surface area contributed by atoms with Crippen molar-refractivity contribution in [3.63, 3.8) is 0 Å². The predicted molar refractivity (Wildman–Crippen MR) is 92.6 cm³/mol. The van der Waals surface area contributed by atoms with E-state index in [9.17, 15) is 4.79 Å². The van der Waals surface area contributed by atoms with Gasteiger partial charge >= 0.3 is 7.12 Å². The van der Waals surface area contributed by atoms with E-state index in [1.54, 1.807) is 12.4 Å². The highest BCUT2D eigenvalue weighted by molar-refractivity contribution is 6.62. The molecule has 2 heterocycles. The van der Waals surface area contributed by atoms with Gasteiger partial charge in [0, 0.05) is 11.8 Å². The summed E-state index contributed by atoms with van der Waals surface area (Å²) >= 11 is 0. The first-order valence-corrected chi connectivity index (χ1v) is 7.95. The largest absolute Gasteiger partial charge is 0.494 e. The van der Waals surface area contributed by atoms with Crippen molar-refractivity contribution in [2.75, 3.05) is 0 Å². The van der Waals surface area contributed by atoms with E-state index in [1.165, 1.54) is 4.68 Å². The lowest BCUT2D eigenvalue weighted by Crippen LogP contribution is -2.41. The summed E-state index contributed by atoms with van der Waals surface area (Å²) in [6, 6.07) is 7.96. The summed E-state index contributed by atoms with van der Waals surface area (Å²) in [5.41, 5.74) is 7.38. The Labute approximate surface area is 142 Å². The van der Waals surface area contributed by atoms with Gasteiger partial charge in [-0.15, -0.1) is 0 Å². The molecule has 1 aromatic heterocycles. The number of hydrogen-bond donors (Lipinski definition) is 1. The van der Waals surface area contributed by atoms with E-state index in [0.29, 0.717) is 0 Å². The molecule has 1 aliphatic rings. The Morgan fingerprint density at radius 3 is 2.25 bits per heavy atom. The molecule has 1 saturated heterocycles. The van der Waals surface area contributed by atoms with Crippen LogP contribution < -0.4 is 11.2 Å². The van der Waals surface area contributed by atoms with Crippen LogP contribution in [0.2, 0.25) is 0 Å². The molecule has 3 rings (SSSR count). The van der Waals surface area contributed by atoms with Gasteiger partial charge in [-0.25, -0.2) is 0 Å². The van der Waals surface area contributed by atoms with Gasteiger partial charge in [-0.3, -0.25) is 9.48 Å². The Balaban J connectivity index is 1.77. The molecule has 0 bridgehead atoms. The number of carbonyl (C=O) groups is 1. The Kier molecular flexibility index (Phi) is 4.01. The van der Waals surface area contributed by atoms with Crippen molar-refractivity contribution < 1.29 is 14.1 Å². The Bertz CT molecular complexity index is 737. The standard InChI is InChI=1S/C17H22BN3O3/c1-16(2)17(3,4)24-18(23-16)14-7-5-12(6-8-14)13-9-20-21(10-13)11-15(19)22/h5-10H,11H2,1-4H3,(H2,19,22). The van der Waals surface area contributed by atoms with E-state index in [-0.39, 0.29) is 24.9 Å². The number of carbonyl (C=O) groups excluding carboxylic acids is 1. The van der Waals surface area contributed by atoms with Crippen LogP contribution in [0.3, 0.4) is 0 Å². The maximum Gasteiger partial charge on any atom is 0.494 e. The smallest absolute Gasteiger partial charge is 0.399 e. The van der Waals surface area contributed by atoms with Crippen molar-refractivity contribution >= 4 is 18.5 Å². The molecule has 126 valence electrons. The average Bonchev–Trinajstić information content (AvgIpc) is 3.01. The fourth-order valence-electron chi connectivity index (χ4n) is 2.57. The van der Waals surface area contributed by atoms with Gasteiger partial charge in [-0.2, -0.15) is 5.10 Å². The third-order valence-corrected chi connectivity index (χ3v) is 4.72. The maximum absolute atomic E-state index is 10.9. The predicted octanol–water partition coefficient (Wildman–Crippen LogP) is 1.33. The summed E-state index contributed by atoms with van der Waals surface area (Å²) in [5.74, 6) is -0.416. The van der Waals surface area contributed by atoms with Crippen LogP contribution in [0, 0.1) is 0 Å². The molecule has 0 atom stereocenters. The Hall–Kier alpha value is -2.12. The van der Waals surface area contributed by atoms with Gasteiger partial charge in [0.05, 0.1) is 17.4 Å². The molecule has 1 aliphatic heterocycles. The van der Waals surface area contributed by atoms with Gasteiger partial charge in [0.15, 0.2) is 0 Å². The number of rotatable bonds is 4. The van der Waals surface area contributed by atoms with E-state index >= 15 is 0 Å². The van der Waals surface area contributed by atoms with E-state index in [0.717, 1.165) is 16.6 Å². The van der Waals surface area contributed by atoms with Crippen LogP contribution in [-0.4, -0.2) is 34.0 Å². The highest BCUT2D eigenvalue weighted by atomic mass is 16.7. The summed E-state index contributed by atoms with van der Waals surface area (Å²) in [7, 11) is -0.373. The second-order valence-corrected chi connectivity index (χ2v) is 7.10. The fourth-order valence-corrected chi connectivity index (χ4v) is 2.57. The number of benzene rings is 1. The number of hydrogen-bond acceptors (Lipinski definition) is 4. The van der Waals surface area contributed by atoms with E-state index in [2.05, 4.69) is 5.10 Å². The highest BCUT2D eigenvalue weighted by Gasteiger charge is 2.51. The maximum atomic E-state index is 10.9. The van der Waals surface area contributed by atoms with Crippen LogP contribution in [0.4, 0.5) is 0 Å². The van der Waals surface area contributed by atoms with Crippen LogP contribution >= 0.6 is 0 Å².